The summed E-state index contributed by atoms with van der Waals surface area (Å²) >= 11 is 0. The lowest BCUT2D eigenvalue weighted by molar-refractivity contribution is -0.121. The zero-order valence-electron chi connectivity index (χ0n) is 7.62. The minimum atomic E-state index is -0.767. The highest BCUT2D eigenvalue weighted by Gasteiger charge is 2.09. The second kappa shape index (κ2) is 5.97. The highest BCUT2D eigenvalue weighted by Crippen LogP contribution is 1.99. The zero-order chi connectivity index (χ0) is 9.56. The summed E-state index contributed by atoms with van der Waals surface area (Å²) in [5, 5.41) is 9.14. The van der Waals surface area contributed by atoms with Crippen LogP contribution in [0.15, 0.2) is 0 Å². The van der Waals surface area contributed by atoms with Crippen LogP contribution in [0.1, 0.15) is 26.7 Å². The SMILES string of the molecule is CCC(C)OCC(O)CC(N)=O. The quantitative estimate of drug-likeness (QED) is 0.598. The summed E-state index contributed by atoms with van der Waals surface area (Å²) in [5.41, 5.74) is 4.88. The van der Waals surface area contributed by atoms with Crippen LogP contribution in [0.5, 0.6) is 0 Å². The number of carbonyl (C=O) groups excluding carboxylic acids is 1. The average Bonchev–Trinajstić information content (AvgIpc) is 1.99. The maximum atomic E-state index is 10.3. The van der Waals surface area contributed by atoms with Crippen LogP contribution in [0.2, 0.25) is 0 Å². The Kier molecular flexibility index (Phi) is 5.66. The maximum absolute atomic E-state index is 10.3. The minimum Gasteiger partial charge on any atom is -0.390 e. The molecule has 72 valence electrons. The Labute approximate surface area is 72.7 Å². The monoisotopic (exact) mass is 175 g/mol. The molecule has 1 amide bonds. The Hall–Kier alpha value is -0.610. The fourth-order valence-electron chi connectivity index (χ4n) is 0.684. The molecular weight excluding hydrogens is 158 g/mol. The lowest BCUT2D eigenvalue weighted by Gasteiger charge is -2.13. The van der Waals surface area contributed by atoms with Crippen molar-refractivity contribution in [2.75, 3.05) is 6.61 Å². The highest BCUT2D eigenvalue weighted by molar-refractivity contribution is 5.74. The molecule has 0 spiro atoms. The molecule has 0 fully saturated rings. The van der Waals surface area contributed by atoms with Crippen LogP contribution in [0.25, 0.3) is 0 Å². The molecule has 4 heteroatoms. The van der Waals surface area contributed by atoms with Gasteiger partial charge in [-0.15, -0.1) is 0 Å². The Morgan fingerprint density at radius 2 is 2.25 bits per heavy atom. The normalized spacial score (nSPS) is 15.6. The highest BCUT2D eigenvalue weighted by atomic mass is 16.5. The van der Waals surface area contributed by atoms with Gasteiger partial charge in [0.2, 0.25) is 5.91 Å². The van der Waals surface area contributed by atoms with Crippen molar-refractivity contribution in [1.82, 2.24) is 0 Å². The van der Waals surface area contributed by atoms with Crippen molar-refractivity contribution in [1.29, 1.82) is 0 Å². The number of carbonyl (C=O) groups is 1. The molecule has 0 bridgehead atoms. The van der Waals surface area contributed by atoms with Crippen molar-refractivity contribution in [3.05, 3.63) is 0 Å². The number of hydrogen-bond donors (Lipinski definition) is 2. The number of primary amides is 1. The van der Waals surface area contributed by atoms with Crippen molar-refractivity contribution in [3.8, 4) is 0 Å². The minimum absolute atomic E-state index is 0.0313. The van der Waals surface area contributed by atoms with Crippen molar-refractivity contribution in [2.24, 2.45) is 5.73 Å². The summed E-state index contributed by atoms with van der Waals surface area (Å²) in [6, 6.07) is 0. The first-order valence-electron chi connectivity index (χ1n) is 4.14. The summed E-state index contributed by atoms with van der Waals surface area (Å²) < 4.78 is 5.20. The summed E-state index contributed by atoms with van der Waals surface area (Å²) in [6.45, 7) is 4.08. The molecule has 3 N–H and O–H groups in total. The molecule has 0 aromatic heterocycles. The molecule has 0 rings (SSSR count). The van der Waals surface area contributed by atoms with Gasteiger partial charge in [0.1, 0.15) is 0 Å². The van der Waals surface area contributed by atoms with Gasteiger partial charge in [-0.3, -0.25) is 4.79 Å². The topological polar surface area (TPSA) is 72.6 Å². The summed E-state index contributed by atoms with van der Waals surface area (Å²) in [5.74, 6) is -0.504. The zero-order valence-corrected chi connectivity index (χ0v) is 7.62. The smallest absolute Gasteiger partial charge is 0.220 e. The lowest BCUT2D eigenvalue weighted by atomic mass is 10.2. The Morgan fingerprint density at radius 1 is 1.67 bits per heavy atom. The van der Waals surface area contributed by atoms with Crippen LogP contribution in [-0.4, -0.2) is 29.8 Å². The molecule has 0 heterocycles. The molecule has 0 aromatic rings. The van der Waals surface area contributed by atoms with Crippen LogP contribution in [0, 0.1) is 0 Å². The molecule has 0 saturated carbocycles. The van der Waals surface area contributed by atoms with Gasteiger partial charge >= 0.3 is 0 Å². The molecule has 0 saturated heterocycles. The number of aliphatic hydroxyl groups excluding tert-OH is 1. The van der Waals surface area contributed by atoms with Gasteiger partial charge in [-0.25, -0.2) is 0 Å². The van der Waals surface area contributed by atoms with Crippen LogP contribution in [0.3, 0.4) is 0 Å². The van der Waals surface area contributed by atoms with Crippen molar-refractivity contribution in [2.45, 2.75) is 38.9 Å². The molecule has 0 aliphatic rings. The number of ether oxygens (including phenoxy) is 1. The molecular formula is C8H17NO3. The maximum Gasteiger partial charge on any atom is 0.220 e. The van der Waals surface area contributed by atoms with Crippen LogP contribution >= 0.6 is 0 Å². The largest absolute Gasteiger partial charge is 0.390 e. The third-order valence-corrected chi connectivity index (χ3v) is 1.58. The second-order valence-corrected chi connectivity index (χ2v) is 2.88. The Balaban J connectivity index is 3.43. The van der Waals surface area contributed by atoms with Crippen molar-refractivity contribution >= 4 is 5.91 Å². The number of hydrogen-bond acceptors (Lipinski definition) is 3. The van der Waals surface area contributed by atoms with E-state index < -0.39 is 12.0 Å². The van der Waals surface area contributed by atoms with E-state index in [4.69, 9.17) is 15.6 Å². The first kappa shape index (κ1) is 11.4. The average molecular weight is 175 g/mol. The van der Waals surface area contributed by atoms with Crippen molar-refractivity contribution in [3.63, 3.8) is 0 Å². The van der Waals surface area contributed by atoms with Crippen LogP contribution in [0.4, 0.5) is 0 Å². The second-order valence-electron chi connectivity index (χ2n) is 2.88. The van der Waals surface area contributed by atoms with Gasteiger partial charge < -0.3 is 15.6 Å². The van der Waals surface area contributed by atoms with Gasteiger partial charge in [0.15, 0.2) is 0 Å². The van der Waals surface area contributed by atoms with E-state index in [1.807, 2.05) is 13.8 Å². The fraction of sp³-hybridized carbons (Fsp3) is 0.875. The first-order valence-corrected chi connectivity index (χ1v) is 4.14. The van der Waals surface area contributed by atoms with E-state index in [1.54, 1.807) is 0 Å². The molecule has 4 nitrogen and oxygen atoms in total. The van der Waals surface area contributed by atoms with Crippen LogP contribution < -0.4 is 5.73 Å². The van der Waals surface area contributed by atoms with Gasteiger partial charge in [0, 0.05) is 0 Å². The molecule has 12 heavy (non-hydrogen) atoms. The third kappa shape index (κ3) is 6.12. The van der Waals surface area contributed by atoms with Crippen molar-refractivity contribution < 1.29 is 14.6 Å². The van der Waals surface area contributed by atoms with Gasteiger partial charge in [0.25, 0.3) is 0 Å². The van der Waals surface area contributed by atoms with Gasteiger partial charge in [0.05, 0.1) is 25.2 Å². The van der Waals surface area contributed by atoms with E-state index in [0.717, 1.165) is 6.42 Å². The summed E-state index contributed by atoms with van der Waals surface area (Å²) in [7, 11) is 0. The van der Waals surface area contributed by atoms with Gasteiger partial charge in [-0.2, -0.15) is 0 Å². The summed E-state index contributed by atoms with van der Waals surface area (Å²) in [4.78, 5) is 10.3. The first-order chi connectivity index (χ1) is 5.56. The standard InChI is InChI=1S/C8H17NO3/c1-3-6(2)12-5-7(10)4-8(9)11/h6-7,10H,3-5H2,1-2H3,(H2,9,11). The molecule has 2 unspecified atom stereocenters. The molecule has 0 aliphatic heterocycles. The van der Waals surface area contributed by atoms with Crippen LogP contribution in [-0.2, 0) is 9.53 Å². The third-order valence-electron chi connectivity index (χ3n) is 1.58. The number of amides is 1. The summed E-state index contributed by atoms with van der Waals surface area (Å²) in [6.07, 6.45) is 0.212. The van der Waals surface area contributed by atoms with E-state index in [1.165, 1.54) is 0 Å². The van der Waals surface area contributed by atoms with Gasteiger partial charge in [-0.05, 0) is 13.3 Å². The Morgan fingerprint density at radius 3 is 2.67 bits per heavy atom. The number of nitrogens with two attached hydrogens (primary N) is 1. The van der Waals surface area contributed by atoms with E-state index in [2.05, 4.69) is 0 Å². The van der Waals surface area contributed by atoms with E-state index in [-0.39, 0.29) is 19.1 Å². The number of aliphatic hydroxyl groups is 1. The van der Waals surface area contributed by atoms with E-state index >= 15 is 0 Å². The molecule has 0 aliphatic carbocycles. The molecule has 0 radical (unpaired) electrons. The fourth-order valence-corrected chi connectivity index (χ4v) is 0.684. The predicted octanol–water partition coefficient (Wildman–Crippen LogP) is 0.0378. The molecule has 0 aromatic carbocycles. The lowest BCUT2D eigenvalue weighted by Crippen LogP contribution is -2.25. The molecule has 2 atom stereocenters. The predicted molar refractivity (Wildman–Crippen MR) is 45.5 cm³/mol. The Bertz CT molecular complexity index is 138. The van der Waals surface area contributed by atoms with Gasteiger partial charge in [-0.1, -0.05) is 6.92 Å². The van der Waals surface area contributed by atoms with E-state index in [0.29, 0.717) is 0 Å². The number of rotatable bonds is 6. The van der Waals surface area contributed by atoms with E-state index in [9.17, 15) is 4.79 Å².